The smallest absolute Gasteiger partial charge is 0.261 e. The van der Waals surface area contributed by atoms with Crippen LogP contribution in [0.15, 0.2) is 107 Å². The molecular weight excluding hydrogens is 535 g/mol. The number of halogens is 2. The highest BCUT2D eigenvalue weighted by molar-refractivity contribution is 8.00. The molecule has 0 radical (unpaired) electrons. The van der Waals surface area contributed by atoms with Crippen LogP contribution in [0, 0.1) is 6.92 Å². The Hall–Kier alpha value is -2.97. The van der Waals surface area contributed by atoms with Gasteiger partial charge in [0.05, 0.1) is 20.6 Å². The highest BCUT2D eigenvalue weighted by atomic mass is 35.5. The molecule has 36 heavy (non-hydrogen) atoms. The van der Waals surface area contributed by atoms with E-state index in [1.807, 2.05) is 37.3 Å². The minimum Gasteiger partial charge on any atom is -0.323 e. The van der Waals surface area contributed by atoms with Gasteiger partial charge in [-0.15, -0.1) is 11.8 Å². The van der Waals surface area contributed by atoms with Gasteiger partial charge in [0.1, 0.15) is 5.25 Å². The van der Waals surface area contributed by atoms with Gasteiger partial charge in [0.2, 0.25) is 5.91 Å². The largest absolute Gasteiger partial charge is 0.323 e. The lowest BCUT2D eigenvalue weighted by Gasteiger charge is -2.18. The average Bonchev–Trinajstić information content (AvgIpc) is 2.87. The number of sulfonamides is 1. The number of anilines is 2. The first-order valence-corrected chi connectivity index (χ1v) is 14.0. The maximum atomic E-state index is 13.3. The summed E-state index contributed by atoms with van der Waals surface area (Å²) in [5, 5.41) is 2.90. The normalized spacial score (nSPS) is 12.1. The Morgan fingerprint density at radius 3 is 2.17 bits per heavy atom. The highest BCUT2D eigenvalue weighted by Crippen LogP contribution is 2.38. The molecule has 184 valence electrons. The number of rotatable bonds is 8. The molecular formula is C27H22Cl2N2O3S2. The second-order valence-corrected chi connectivity index (χ2v) is 11.6. The average molecular weight is 558 g/mol. The fourth-order valence-corrected chi connectivity index (χ4v) is 5.80. The van der Waals surface area contributed by atoms with E-state index < -0.39 is 15.3 Å². The van der Waals surface area contributed by atoms with E-state index in [-0.39, 0.29) is 15.8 Å². The van der Waals surface area contributed by atoms with Gasteiger partial charge < -0.3 is 5.32 Å². The fraction of sp³-hybridized carbons (Fsp3) is 0.0741. The zero-order valence-corrected chi connectivity index (χ0v) is 22.3. The van der Waals surface area contributed by atoms with E-state index >= 15 is 0 Å². The molecule has 0 spiro atoms. The molecule has 4 aromatic rings. The molecule has 5 nitrogen and oxygen atoms in total. The second kappa shape index (κ2) is 11.4. The summed E-state index contributed by atoms with van der Waals surface area (Å²) >= 11 is 13.7. The summed E-state index contributed by atoms with van der Waals surface area (Å²) in [6, 6.07) is 27.9. The van der Waals surface area contributed by atoms with E-state index in [4.69, 9.17) is 23.2 Å². The minimum absolute atomic E-state index is 0.187. The Labute approximate surface area is 224 Å². The van der Waals surface area contributed by atoms with Gasteiger partial charge in [0.25, 0.3) is 10.0 Å². The van der Waals surface area contributed by atoms with E-state index in [0.717, 1.165) is 16.0 Å². The first kappa shape index (κ1) is 26.1. The number of hydrogen-bond donors (Lipinski definition) is 2. The van der Waals surface area contributed by atoms with Crippen LogP contribution in [0.2, 0.25) is 10.0 Å². The summed E-state index contributed by atoms with van der Waals surface area (Å²) in [6.45, 7) is 1.90. The van der Waals surface area contributed by atoms with Crippen molar-refractivity contribution in [3.63, 3.8) is 0 Å². The van der Waals surface area contributed by atoms with Crippen molar-refractivity contribution in [2.75, 3.05) is 10.0 Å². The zero-order chi connectivity index (χ0) is 25.7. The van der Waals surface area contributed by atoms with Gasteiger partial charge in [-0.3, -0.25) is 9.52 Å². The van der Waals surface area contributed by atoms with Crippen molar-refractivity contribution in [2.45, 2.75) is 22.0 Å². The molecule has 4 rings (SSSR count). The number of thioether (sulfide) groups is 1. The lowest BCUT2D eigenvalue weighted by atomic mass is 10.1. The summed E-state index contributed by atoms with van der Waals surface area (Å²) in [4.78, 5) is 14.3. The number of carbonyl (C=O) groups is 1. The molecule has 9 heteroatoms. The van der Waals surface area contributed by atoms with Gasteiger partial charge in [0.15, 0.2) is 0 Å². The van der Waals surface area contributed by atoms with E-state index in [9.17, 15) is 13.2 Å². The van der Waals surface area contributed by atoms with Crippen LogP contribution in [0.4, 0.5) is 11.4 Å². The molecule has 4 aromatic carbocycles. The number of aryl methyl sites for hydroxylation is 1. The van der Waals surface area contributed by atoms with E-state index in [2.05, 4.69) is 10.0 Å². The monoisotopic (exact) mass is 556 g/mol. The Balaban J connectivity index is 1.53. The SMILES string of the molecule is Cc1ccc(S(=O)(=O)Nc2ccc(SC(C(=O)Nc3cccc(Cl)c3Cl)c3ccccc3)cc2)cc1. The first-order valence-electron chi connectivity index (χ1n) is 10.9. The summed E-state index contributed by atoms with van der Waals surface area (Å²) < 4.78 is 28.0. The fourth-order valence-electron chi connectivity index (χ4n) is 3.37. The predicted molar refractivity (Wildman–Crippen MR) is 149 cm³/mol. The molecule has 1 atom stereocenters. The van der Waals surface area contributed by atoms with Crippen LogP contribution in [-0.4, -0.2) is 14.3 Å². The molecule has 0 saturated heterocycles. The van der Waals surface area contributed by atoms with Gasteiger partial charge in [-0.1, -0.05) is 77.3 Å². The number of nitrogens with one attached hydrogen (secondary N) is 2. The molecule has 0 heterocycles. The maximum Gasteiger partial charge on any atom is 0.261 e. The van der Waals surface area contributed by atoms with Crippen LogP contribution < -0.4 is 10.0 Å². The lowest BCUT2D eigenvalue weighted by molar-refractivity contribution is -0.115. The maximum absolute atomic E-state index is 13.3. The standard InChI is InChI=1S/C27H22Cl2N2O3S2/c1-18-10-16-22(17-11-18)36(33,34)31-20-12-14-21(15-13-20)35-26(19-6-3-2-4-7-19)27(32)30-24-9-5-8-23(28)25(24)29/h2-17,26,31H,1H3,(H,30,32). The third-order valence-electron chi connectivity index (χ3n) is 5.24. The number of carbonyl (C=O) groups excluding carboxylic acids is 1. The minimum atomic E-state index is -3.71. The van der Waals surface area contributed by atoms with Gasteiger partial charge in [0, 0.05) is 10.6 Å². The Morgan fingerprint density at radius 1 is 0.833 bits per heavy atom. The van der Waals surface area contributed by atoms with Crippen molar-refractivity contribution in [2.24, 2.45) is 0 Å². The third-order valence-corrected chi connectivity index (χ3v) is 8.72. The van der Waals surface area contributed by atoms with Crippen LogP contribution >= 0.6 is 35.0 Å². The van der Waals surface area contributed by atoms with Crippen molar-refractivity contribution in [1.29, 1.82) is 0 Å². The summed E-state index contributed by atoms with van der Waals surface area (Å²) in [5.74, 6) is -0.264. The molecule has 0 aliphatic heterocycles. The van der Waals surface area contributed by atoms with Crippen LogP contribution in [-0.2, 0) is 14.8 Å². The van der Waals surface area contributed by atoms with Crippen molar-refractivity contribution in [1.82, 2.24) is 0 Å². The van der Waals surface area contributed by atoms with Crippen molar-refractivity contribution < 1.29 is 13.2 Å². The summed E-state index contributed by atoms with van der Waals surface area (Å²) in [6.07, 6.45) is 0. The van der Waals surface area contributed by atoms with Crippen molar-refractivity contribution in [3.8, 4) is 0 Å². The number of amides is 1. The molecule has 0 aliphatic rings. The Kier molecular flexibility index (Phi) is 8.26. The molecule has 0 aliphatic carbocycles. The quantitative estimate of drug-likeness (QED) is 0.219. The summed E-state index contributed by atoms with van der Waals surface area (Å²) in [7, 11) is -3.71. The molecule has 0 fully saturated rings. The molecule has 1 amide bonds. The summed E-state index contributed by atoms with van der Waals surface area (Å²) in [5.41, 5.74) is 2.63. The molecule has 0 bridgehead atoms. The third kappa shape index (κ3) is 6.42. The van der Waals surface area contributed by atoms with Gasteiger partial charge in [-0.2, -0.15) is 0 Å². The molecule has 0 aromatic heterocycles. The van der Waals surface area contributed by atoms with Gasteiger partial charge >= 0.3 is 0 Å². The molecule has 0 saturated carbocycles. The van der Waals surface area contributed by atoms with Gasteiger partial charge in [-0.25, -0.2) is 8.42 Å². The number of benzene rings is 4. The van der Waals surface area contributed by atoms with Gasteiger partial charge in [-0.05, 0) is 61.0 Å². The van der Waals surface area contributed by atoms with Crippen LogP contribution in [0.5, 0.6) is 0 Å². The predicted octanol–water partition coefficient (Wildman–Crippen LogP) is 7.57. The highest BCUT2D eigenvalue weighted by Gasteiger charge is 2.23. The van der Waals surface area contributed by atoms with Crippen molar-refractivity contribution in [3.05, 3.63) is 118 Å². The number of hydrogen-bond acceptors (Lipinski definition) is 4. The van der Waals surface area contributed by atoms with E-state index in [1.54, 1.807) is 66.7 Å². The van der Waals surface area contributed by atoms with Crippen molar-refractivity contribution >= 4 is 62.3 Å². The molecule has 2 N–H and O–H groups in total. The Bertz CT molecular complexity index is 1460. The Morgan fingerprint density at radius 2 is 1.50 bits per heavy atom. The second-order valence-electron chi connectivity index (χ2n) is 7.94. The van der Waals surface area contributed by atoms with Crippen LogP contribution in [0.3, 0.4) is 0 Å². The topological polar surface area (TPSA) is 75.3 Å². The first-order chi connectivity index (χ1) is 17.2. The lowest BCUT2D eigenvalue weighted by Crippen LogP contribution is -2.19. The molecule has 1 unspecified atom stereocenters. The van der Waals surface area contributed by atoms with E-state index in [0.29, 0.717) is 16.4 Å². The zero-order valence-electron chi connectivity index (χ0n) is 19.1. The van der Waals surface area contributed by atoms with Crippen LogP contribution in [0.1, 0.15) is 16.4 Å². The van der Waals surface area contributed by atoms with Crippen LogP contribution in [0.25, 0.3) is 0 Å². The van der Waals surface area contributed by atoms with E-state index in [1.165, 1.54) is 11.8 Å².